The molecule has 0 N–H and O–H groups in total. The van der Waals surface area contributed by atoms with Crippen LogP contribution in [-0.2, 0) is 56.9 Å². The Labute approximate surface area is 646 Å². The zero-order chi connectivity index (χ0) is 78.6. The summed E-state index contributed by atoms with van der Waals surface area (Å²) in [6.07, 6.45) is -3.68. The van der Waals surface area contributed by atoms with Crippen molar-refractivity contribution < 1.29 is 39.4 Å². The van der Waals surface area contributed by atoms with Crippen LogP contribution in [0.3, 0.4) is 0 Å². The third-order valence-electron chi connectivity index (χ3n) is 21.9. The normalized spacial score (nSPS) is 17.3. The highest BCUT2D eigenvalue weighted by molar-refractivity contribution is 7.32. The Balaban J connectivity index is 1.29. The lowest BCUT2D eigenvalue weighted by atomic mass is 9.77. The smallest absolute Gasteiger partial charge is 0.387 e. The molecule has 107 heavy (non-hydrogen) atoms. The lowest BCUT2D eigenvalue weighted by Gasteiger charge is -2.44. The third kappa shape index (κ3) is 16.6. The SMILES string of the molecule is CC(C)(C)c1cc(C(C)(C)C)c2op(O[C@H]3[C@H](Op4oc5c(C(C)(C)C)cc(C(C)(C)C)cc5c5cc(C(C)(C)C)cc(C(C)(C)C)c5o4)C(CO[Si](c4ccccc4)(c4ccccc4)C(C)(C)C)O[C@@H]3CO[Si](c3ccccc3)(c3ccccc3)C(C)(C)C)oc3c(C(C)(C)C)cc(C(C)(C)C)cc3c2c1. The average Bonchev–Trinajstić information content (AvgIpc) is 1.74. The first-order chi connectivity index (χ1) is 49.3. The van der Waals surface area contributed by atoms with Crippen LogP contribution in [0.1, 0.15) is 252 Å². The Kier molecular flexibility index (Phi) is 22.3. The zero-order valence-corrected chi connectivity index (χ0v) is 74.2. The van der Waals surface area contributed by atoms with Gasteiger partial charge in [0.15, 0.2) is 0 Å². The summed E-state index contributed by atoms with van der Waals surface area (Å²) < 4.78 is 72.1. The summed E-state index contributed by atoms with van der Waals surface area (Å²) in [5.41, 5.74) is 9.47. The van der Waals surface area contributed by atoms with Gasteiger partial charge in [0.1, 0.15) is 46.7 Å². The number of benzene rings is 8. The van der Waals surface area contributed by atoms with E-state index in [0.29, 0.717) is 0 Å². The Morgan fingerprint density at radius 2 is 0.486 bits per heavy atom. The highest BCUT2D eigenvalue weighted by Crippen LogP contribution is 2.51. The number of hydrogen-bond acceptors (Lipinski definition) is 9. The molecule has 3 heterocycles. The summed E-state index contributed by atoms with van der Waals surface area (Å²) in [6, 6.07) is 62.2. The van der Waals surface area contributed by atoms with E-state index in [1.165, 1.54) is 22.3 Å². The lowest BCUT2D eigenvalue weighted by Crippen LogP contribution is -2.67. The Morgan fingerprint density at radius 3 is 0.664 bits per heavy atom. The van der Waals surface area contributed by atoms with E-state index in [0.717, 1.165) is 86.9 Å². The maximum Gasteiger partial charge on any atom is 0.387 e. The van der Waals surface area contributed by atoms with Crippen molar-refractivity contribution in [2.24, 2.45) is 0 Å². The minimum atomic E-state index is -3.32. The molecule has 0 aliphatic carbocycles. The van der Waals surface area contributed by atoms with E-state index in [1.807, 2.05) is 0 Å². The zero-order valence-electron chi connectivity index (χ0n) is 70.5. The molecule has 10 aromatic rings. The summed E-state index contributed by atoms with van der Waals surface area (Å²) in [7, 11) is -11.5. The molecule has 4 atom stereocenters. The standard InChI is InChI=1S/C94H126O9P2Si2/c1-85(2,3)61-51-69-70-52-62(86(4,5)6)56-74(90(16,17)18)80(70)99-104(98-79(69)73(55-61)89(13,14)15)102-83-77(59-95-106(93(25,26)27,65-43-35-31-36-44-65)66-45-37-32-38-46-66)97-78(60-96-107(94(28,29)30,67-47-39-33-40-48-67)68-49-41-34-42-50-68)84(83)103-105-100-81-71(53-63(87(7,8)9)57-75(81)91(19,20)21)72-54-64(88(10,11)12)58-76(82(72)101-105)92(22,23)24/h31-58,77-78,83-84H,59-60H2,1-30H3/t77-,78?,83-,84-/m1/s1. The van der Waals surface area contributed by atoms with Crippen LogP contribution in [0.2, 0.25) is 10.1 Å². The summed E-state index contributed by atoms with van der Waals surface area (Å²) in [5.74, 6) is 0. The molecule has 11 rings (SSSR count). The van der Waals surface area contributed by atoms with Gasteiger partial charge in [-0.1, -0.05) is 353 Å². The van der Waals surface area contributed by atoms with E-state index in [-0.39, 0.29) is 34.9 Å². The maximum atomic E-state index is 8.20. The second-order valence-electron chi connectivity index (χ2n) is 40.7. The number of ether oxygens (including phenoxy) is 1. The van der Waals surface area contributed by atoms with Gasteiger partial charge in [-0.2, -0.15) is 0 Å². The first kappa shape index (κ1) is 81.8. The van der Waals surface area contributed by atoms with Crippen molar-refractivity contribution in [1.29, 1.82) is 0 Å². The van der Waals surface area contributed by atoms with Gasteiger partial charge < -0.3 is 30.4 Å². The molecule has 0 spiro atoms. The van der Waals surface area contributed by atoms with Crippen molar-refractivity contribution in [2.45, 2.75) is 286 Å². The second-order valence-corrected chi connectivity index (χ2v) is 51.4. The molecule has 0 radical (unpaired) electrons. The van der Waals surface area contributed by atoms with E-state index in [2.05, 4.69) is 378 Å². The molecule has 574 valence electrons. The monoisotopic (exact) mass is 1520 g/mol. The van der Waals surface area contributed by atoms with Crippen LogP contribution in [0.4, 0.5) is 0 Å². The van der Waals surface area contributed by atoms with Gasteiger partial charge in [0, 0.05) is 43.8 Å². The molecular formula is C94H126O9P2Si2. The van der Waals surface area contributed by atoms with Crippen LogP contribution < -0.4 is 29.8 Å². The van der Waals surface area contributed by atoms with Crippen molar-refractivity contribution in [3.8, 4) is 0 Å². The van der Waals surface area contributed by atoms with E-state index in [4.69, 9.17) is 39.4 Å². The molecule has 2 aromatic heterocycles. The number of hydrogen-bond donors (Lipinski definition) is 0. The summed E-state index contributed by atoms with van der Waals surface area (Å²) in [4.78, 5) is 0. The average molecular weight is 1520 g/mol. The molecule has 9 nitrogen and oxygen atoms in total. The van der Waals surface area contributed by atoms with E-state index in [1.54, 1.807) is 0 Å². The van der Waals surface area contributed by atoms with Crippen molar-refractivity contribution in [3.05, 3.63) is 214 Å². The van der Waals surface area contributed by atoms with E-state index >= 15 is 0 Å². The first-order valence-electron chi connectivity index (χ1n) is 38.9. The highest BCUT2D eigenvalue weighted by atomic mass is 31.1. The van der Waals surface area contributed by atoms with Gasteiger partial charge in [-0.15, -0.1) is 0 Å². The molecule has 1 aliphatic heterocycles. The number of rotatable bonds is 14. The summed E-state index contributed by atoms with van der Waals surface area (Å²) >= 11 is 0. The minimum absolute atomic E-state index is 0.0903. The van der Waals surface area contributed by atoms with Gasteiger partial charge in [-0.3, -0.25) is 9.05 Å². The first-order valence-corrected chi connectivity index (χ1v) is 44.9. The predicted molar refractivity (Wildman–Crippen MR) is 459 cm³/mol. The molecule has 0 bridgehead atoms. The Hall–Kier alpha value is -6.21. The lowest BCUT2D eigenvalue weighted by molar-refractivity contribution is -0.0266. The Bertz CT molecular complexity index is 4330. The van der Waals surface area contributed by atoms with Crippen LogP contribution in [-0.4, -0.2) is 54.3 Å². The van der Waals surface area contributed by atoms with Gasteiger partial charge in [-0.25, -0.2) is 0 Å². The maximum absolute atomic E-state index is 8.20. The molecule has 1 aliphatic rings. The van der Waals surface area contributed by atoms with Crippen LogP contribution in [0.15, 0.2) is 187 Å². The molecule has 1 unspecified atom stereocenters. The van der Waals surface area contributed by atoms with Crippen LogP contribution in [0.5, 0.6) is 0 Å². The molecule has 0 amide bonds. The quantitative estimate of drug-likeness (QED) is 0.0986. The third-order valence-corrected chi connectivity index (χ3v) is 34.0. The summed E-state index contributed by atoms with van der Waals surface area (Å²) in [6.45, 7) is 69.0. The second kappa shape index (κ2) is 29.2. The van der Waals surface area contributed by atoms with Crippen molar-refractivity contribution >= 4 is 97.7 Å². The van der Waals surface area contributed by atoms with E-state index in [9.17, 15) is 0 Å². The van der Waals surface area contributed by atoms with Crippen LogP contribution >= 0.6 is 16.5 Å². The topological polar surface area (TPSA) is 98.7 Å². The molecule has 0 saturated carbocycles. The van der Waals surface area contributed by atoms with Gasteiger partial charge in [0.25, 0.3) is 16.6 Å². The largest absolute Gasteiger partial charge is 0.405 e. The fraction of sp³-hybridized carbons (Fsp3) is 0.489. The molecular weight excluding hydrogens is 1390 g/mol. The Morgan fingerprint density at radius 1 is 0.280 bits per heavy atom. The fourth-order valence-electron chi connectivity index (χ4n) is 15.6. The minimum Gasteiger partial charge on any atom is -0.405 e. The van der Waals surface area contributed by atoms with Crippen LogP contribution in [0.25, 0.3) is 43.9 Å². The van der Waals surface area contributed by atoms with Crippen LogP contribution in [0, 0.1) is 0 Å². The van der Waals surface area contributed by atoms with Gasteiger partial charge in [0.05, 0.1) is 13.2 Å². The van der Waals surface area contributed by atoms with E-state index < -0.39 is 89.3 Å². The molecule has 8 aromatic carbocycles. The van der Waals surface area contributed by atoms with Crippen molar-refractivity contribution in [2.75, 3.05) is 13.2 Å². The van der Waals surface area contributed by atoms with Gasteiger partial charge in [0.2, 0.25) is 0 Å². The van der Waals surface area contributed by atoms with Gasteiger partial charge >= 0.3 is 16.5 Å². The highest BCUT2D eigenvalue weighted by Gasteiger charge is 2.57. The molecule has 1 fully saturated rings. The molecule has 13 heteroatoms. The summed E-state index contributed by atoms with van der Waals surface area (Å²) in [5, 5.41) is 7.65. The fourth-order valence-corrected chi connectivity index (χ4v) is 27.2. The van der Waals surface area contributed by atoms with Crippen molar-refractivity contribution in [3.63, 3.8) is 0 Å². The number of fused-ring (bicyclic) bond motifs is 6. The van der Waals surface area contributed by atoms with Gasteiger partial charge in [-0.05, 0) is 121 Å². The van der Waals surface area contributed by atoms with Crippen molar-refractivity contribution in [1.82, 2.24) is 0 Å². The molecule has 1 saturated heterocycles. The predicted octanol–water partition coefficient (Wildman–Crippen LogP) is 24.5.